The fraction of sp³-hybridized carbons (Fsp3) is 0.261. The zero-order valence-electron chi connectivity index (χ0n) is 17.1. The molecule has 2 aromatic carbocycles. The predicted molar refractivity (Wildman–Crippen MR) is 114 cm³/mol. The number of carbonyl (C=O) groups excluding carboxylic acids is 1. The molecule has 154 valence electrons. The second-order valence-electron chi connectivity index (χ2n) is 7.40. The molecular weight excluding hydrogens is 382 g/mol. The molecule has 2 aromatic heterocycles. The predicted octanol–water partition coefficient (Wildman–Crippen LogP) is 3.87. The third-order valence-electron chi connectivity index (χ3n) is 5.05. The van der Waals surface area contributed by atoms with Gasteiger partial charge in [-0.2, -0.15) is 0 Å². The van der Waals surface area contributed by atoms with Crippen molar-refractivity contribution in [2.75, 3.05) is 7.11 Å². The molecule has 2 heterocycles. The summed E-state index contributed by atoms with van der Waals surface area (Å²) in [5, 5.41) is 1.37. The summed E-state index contributed by atoms with van der Waals surface area (Å²) < 4.78 is 11.2. The Morgan fingerprint density at radius 2 is 1.83 bits per heavy atom. The fourth-order valence-corrected chi connectivity index (χ4v) is 3.55. The summed E-state index contributed by atoms with van der Waals surface area (Å²) in [6.45, 7) is 4.24. The molecule has 0 spiro atoms. The van der Waals surface area contributed by atoms with Gasteiger partial charge in [0.05, 0.1) is 24.1 Å². The number of aromatic nitrogens is 2. The van der Waals surface area contributed by atoms with E-state index >= 15 is 0 Å². The zero-order chi connectivity index (χ0) is 21.3. The molecule has 0 atom stereocenters. The quantitative estimate of drug-likeness (QED) is 0.526. The molecule has 0 aliphatic carbocycles. The van der Waals surface area contributed by atoms with Gasteiger partial charge in [-0.15, -0.1) is 0 Å². The lowest BCUT2D eigenvalue weighted by Gasteiger charge is -2.25. The smallest absolute Gasteiger partial charge is 0.290 e. The van der Waals surface area contributed by atoms with Crippen molar-refractivity contribution in [3.05, 3.63) is 76.0 Å². The largest absolute Gasteiger partial charge is 0.451 e. The van der Waals surface area contributed by atoms with Crippen molar-refractivity contribution in [1.29, 1.82) is 0 Å². The highest BCUT2D eigenvalue weighted by molar-refractivity contribution is 5.99. The SMILES string of the molecule is COCc1c(C(=O)N(Cc2nc3ccccc3c(=O)[nH]2)C(C)C)oc2ccccc12. The lowest BCUT2D eigenvalue weighted by Crippen LogP contribution is -2.37. The Bertz CT molecular complexity index is 1270. The zero-order valence-corrected chi connectivity index (χ0v) is 17.1. The average Bonchev–Trinajstić information content (AvgIpc) is 3.10. The maximum atomic E-state index is 13.5. The Morgan fingerprint density at radius 1 is 1.13 bits per heavy atom. The van der Waals surface area contributed by atoms with Gasteiger partial charge in [0, 0.05) is 24.1 Å². The molecule has 4 aromatic rings. The molecule has 4 rings (SSSR count). The molecule has 0 unspecified atom stereocenters. The highest BCUT2D eigenvalue weighted by Gasteiger charge is 2.27. The van der Waals surface area contributed by atoms with Crippen LogP contribution in [0.25, 0.3) is 21.9 Å². The van der Waals surface area contributed by atoms with Crippen LogP contribution in [0, 0.1) is 0 Å². The van der Waals surface area contributed by atoms with E-state index in [-0.39, 0.29) is 36.4 Å². The number of hydrogen-bond acceptors (Lipinski definition) is 5. The number of methoxy groups -OCH3 is 1. The van der Waals surface area contributed by atoms with Crippen molar-refractivity contribution < 1.29 is 13.9 Å². The molecule has 1 amide bonds. The van der Waals surface area contributed by atoms with Gasteiger partial charge in [-0.05, 0) is 32.0 Å². The van der Waals surface area contributed by atoms with Crippen LogP contribution < -0.4 is 5.56 Å². The van der Waals surface area contributed by atoms with Crippen LogP contribution in [0.3, 0.4) is 0 Å². The first-order valence-corrected chi connectivity index (χ1v) is 9.78. The van der Waals surface area contributed by atoms with E-state index in [2.05, 4.69) is 9.97 Å². The van der Waals surface area contributed by atoms with Crippen LogP contribution in [0.5, 0.6) is 0 Å². The molecule has 0 aliphatic rings. The van der Waals surface area contributed by atoms with Gasteiger partial charge in [0.1, 0.15) is 11.4 Å². The van der Waals surface area contributed by atoms with Crippen molar-refractivity contribution in [2.45, 2.75) is 33.0 Å². The number of nitrogens with one attached hydrogen (secondary N) is 1. The Kier molecular flexibility index (Phi) is 5.37. The number of ether oxygens (including phenoxy) is 1. The van der Waals surface area contributed by atoms with Gasteiger partial charge in [-0.3, -0.25) is 9.59 Å². The van der Waals surface area contributed by atoms with E-state index in [1.807, 2.05) is 44.2 Å². The molecule has 0 bridgehead atoms. The number of aromatic amines is 1. The van der Waals surface area contributed by atoms with E-state index in [4.69, 9.17) is 9.15 Å². The van der Waals surface area contributed by atoms with Crippen LogP contribution in [0.2, 0.25) is 0 Å². The number of amides is 1. The molecule has 0 aliphatic heterocycles. The average molecular weight is 405 g/mol. The topological polar surface area (TPSA) is 88.4 Å². The molecule has 0 fully saturated rings. The van der Waals surface area contributed by atoms with Crippen molar-refractivity contribution in [2.24, 2.45) is 0 Å². The number of H-pyrrole nitrogens is 1. The van der Waals surface area contributed by atoms with E-state index < -0.39 is 0 Å². The van der Waals surface area contributed by atoms with Crippen molar-refractivity contribution in [3.63, 3.8) is 0 Å². The van der Waals surface area contributed by atoms with Gasteiger partial charge in [0.25, 0.3) is 11.5 Å². The van der Waals surface area contributed by atoms with E-state index in [1.54, 1.807) is 30.2 Å². The van der Waals surface area contributed by atoms with Gasteiger partial charge in [-0.25, -0.2) is 4.98 Å². The Morgan fingerprint density at radius 3 is 2.57 bits per heavy atom. The fourth-order valence-electron chi connectivity index (χ4n) is 3.55. The molecule has 1 N–H and O–H groups in total. The van der Waals surface area contributed by atoms with Crippen LogP contribution >= 0.6 is 0 Å². The molecule has 0 radical (unpaired) electrons. The van der Waals surface area contributed by atoms with Crippen molar-refractivity contribution >= 4 is 27.8 Å². The standard InChI is InChI=1S/C23H23N3O4/c1-14(2)26(12-20-24-18-10-6-4-9-16(18)22(27)25-20)23(28)21-17(13-29-3)15-8-5-7-11-19(15)30-21/h4-11,14H,12-13H2,1-3H3,(H,24,25,27). The minimum atomic E-state index is -0.274. The normalized spacial score (nSPS) is 11.5. The number of benzene rings is 2. The maximum absolute atomic E-state index is 13.5. The summed E-state index contributed by atoms with van der Waals surface area (Å²) >= 11 is 0. The third kappa shape index (κ3) is 3.59. The number of furan rings is 1. The number of rotatable bonds is 6. The summed E-state index contributed by atoms with van der Waals surface area (Å²) in [6, 6.07) is 14.5. The van der Waals surface area contributed by atoms with Crippen LogP contribution in [0.1, 0.15) is 35.8 Å². The summed E-state index contributed by atoms with van der Waals surface area (Å²) in [7, 11) is 1.58. The van der Waals surface area contributed by atoms with Crippen LogP contribution in [0.15, 0.2) is 57.7 Å². The summed E-state index contributed by atoms with van der Waals surface area (Å²) in [5.41, 5.74) is 1.71. The van der Waals surface area contributed by atoms with Gasteiger partial charge in [0.15, 0.2) is 5.76 Å². The maximum Gasteiger partial charge on any atom is 0.290 e. The summed E-state index contributed by atoms with van der Waals surface area (Å²) in [5.74, 6) is 0.393. The third-order valence-corrected chi connectivity index (χ3v) is 5.05. The molecule has 30 heavy (non-hydrogen) atoms. The highest BCUT2D eigenvalue weighted by Crippen LogP contribution is 2.28. The molecular formula is C23H23N3O4. The summed E-state index contributed by atoms with van der Waals surface area (Å²) in [6.07, 6.45) is 0. The minimum Gasteiger partial charge on any atom is -0.451 e. The van der Waals surface area contributed by atoms with E-state index in [9.17, 15) is 9.59 Å². The second-order valence-corrected chi connectivity index (χ2v) is 7.40. The van der Waals surface area contributed by atoms with Crippen molar-refractivity contribution in [1.82, 2.24) is 14.9 Å². The Hall–Kier alpha value is -3.45. The second kappa shape index (κ2) is 8.12. The van der Waals surface area contributed by atoms with Crippen LogP contribution in [-0.4, -0.2) is 33.9 Å². The first kappa shape index (κ1) is 19.8. The monoisotopic (exact) mass is 405 g/mol. The van der Waals surface area contributed by atoms with E-state index in [1.165, 1.54) is 0 Å². The minimum absolute atomic E-state index is 0.141. The molecule has 0 saturated carbocycles. The molecule has 0 saturated heterocycles. The Balaban J connectivity index is 1.74. The van der Waals surface area contributed by atoms with Crippen LogP contribution in [0.4, 0.5) is 0 Å². The van der Waals surface area contributed by atoms with Gasteiger partial charge >= 0.3 is 0 Å². The van der Waals surface area contributed by atoms with E-state index in [0.717, 1.165) is 5.39 Å². The number of para-hydroxylation sites is 2. The highest BCUT2D eigenvalue weighted by atomic mass is 16.5. The van der Waals surface area contributed by atoms with Gasteiger partial charge < -0.3 is 19.0 Å². The van der Waals surface area contributed by atoms with Gasteiger partial charge in [0.2, 0.25) is 0 Å². The lowest BCUT2D eigenvalue weighted by atomic mass is 10.1. The van der Waals surface area contributed by atoms with Crippen molar-refractivity contribution in [3.8, 4) is 0 Å². The number of nitrogens with zero attached hydrogens (tertiary/aromatic N) is 2. The Labute approximate surface area is 173 Å². The first-order valence-electron chi connectivity index (χ1n) is 9.78. The number of hydrogen-bond donors (Lipinski definition) is 1. The van der Waals surface area contributed by atoms with Crippen LogP contribution in [-0.2, 0) is 17.9 Å². The first-order chi connectivity index (χ1) is 14.5. The molecule has 7 nitrogen and oxygen atoms in total. The van der Waals surface area contributed by atoms with E-state index in [0.29, 0.717) is 27.9 Å². The lowest BCUT2D eigenvalue weighted by molar-refractivity contribution is 0.0648. The number of carbonyl (C=O) groups is 1. The summed E-state index contributed by atoms with van der Waals surface area (Å²) in [4.78, 5) is 34.8. The number of fused-ring (bicyclic) bond motifs is 2. The molecule has 7 heteroatoms. The van der Waals surface area contributed by atoms with Gasteiger partial charge in [-0.1, -0.05) is 30.3 Å².